The first kappa shape index (κ1) is 17.9. The Labute approximate surface area is 162 Å². The average Bonchev–Trinajstić information content (AvgIpc) is 2.68. The van der Waals surface area contributed by atoms with E-state index in [1.165, 1.54) is 17.4 Å². The van der Waals surface area contributed by atoms with Crippen molar-refractivity contribution in [3.63, 3.8) is 0 Å². The van der Waals surface area contributed by atoms with Crippen LogP contribution < -0.4 is 15.5 Å². The van der Waals surface area contributed by atoms with Gasteiger partial charge in [-0.15, -0.1) is 11.8 Å². The molecule has 2 amide bonds. The van der Waals surface area contributed by atoms with Crippen LogP contribution >= 0.6 is 11.8 Å². The van der Waals surface area contributed by atoms with Gasteiger partial charge in [-0.1, -0.05) is 0 Å². The zero-order valence-corrected chi connectivity index (χ0v) is 16.0. The van der Waals surface area contributed by atoms with Gasteiger partial charge in [0.15, 0.2) is 0 Å². The van der Waals surface area contributed by atoms with Gasteiger partial charge in [0.05, 0.1) is 11.4 Å². The Morgan fingerprint density at radius 2 is 1.81 bits per heavy atom. The lowest BCUT2D eigenvalue weighted by molar-refractivity contribution is -0.113. The van der Waals surface area contributed by atoms with Gasteiger partial charge in [-0.2, -0.15) is 0 Å². The molecule has 27 heavy (non-hydrogen) atoms. The van der Waals surface area contributed by atoms with Crippen LogP contribution in [0.15, 0.2) is 47.4 Å². The summed E-state index contributed by atoms with van der Waals surface area (Å²) in [4.78, 5) is 29.8. The van der Waals surface area contributed by atoms with E-state index < -0.39 is 0 Å². The van der Waals surface area contributed by atoms with E-state index in [-0.39, 0.29) is 11.8 Å². The predicted molar refractivity (Wildman–Crippen MR) is 110 cm³/mol. The Morgan fingerprint density at radius 3 is 2.56 bits per heavy atom. The van der Waals surface area contributed by atoms with Crippen molar-refractivity contribution in [2.75, 3.05) is 54.5 Å². The smallest absolute Gasteiger partial charge is 0.255 e. The number of benzene rings is 2. The summed E-state index contributed by atoms with van der Waals surface area (Å²) in [6.45, 7) is 4.15. The predicted octanol–water partition coefficient (Wildman–Crippen LogP) is 2.73. The summed E-state index contributed by atoms with van der Waals surface area (Å²) in [7, 11) is 2.14. The molecular weight excluding hydrogens is 360 g/mol. The molecule has 2 aliphatic rings. The van der Waals surface area contributed by atoms with Gasteiger partial charge in [-0.05, 0) is 49.5 Å². The highest BCUT2D eigenvalue weighted by Gasteiger charge is 2.18. The largest absolute Gasteiger partial charge is 0.369 e. The molecular formula is C20H22N4O2S. The number of hydrogen-bond donors (Lipinski definition) is 2. The summed E-state index contributed by atoms with van der Waals surface area (Å²) in [6.07, 6.45) is 0. The first-order valence-electron chi connectivity index (χ1n) is 9.00. The van der Waals surface area contributed by atoms with Crippen LogP contribution in [0.2, 0.25) is 0 Å². The maximum absolute atomic E-state index is 12.6. The fourth-order valence-corrected chi connectivity index (χ4v) is 4.04. The SMILES string of the molecule is CN1CCN(c2ccc(NC(=O)c3ccc4c(c3)NC(=O)CS4)cc2)CC1. The number of carbonyl (C=O) groups is 2. The molecule has 7 heteroatoms. The number of fused-ring (bicyclic) bond motifs is 1. The highest BCUT2D eigenvalue weighted by molar-refractivity contribution is 8.00. The van der Waals surface area contributed by atoms with Crippen molar-refractivity contribution < 1.29 is 9.59 Å². The van der Waals surface area contributed by atoms with Crippen molar-refractivity contribution in [1.82, 2.24) is 4.90 Å². The van der Waals surface area contributed by atoms with Crippen molar-refractivity contribution in [1.29, 1.82) is 0 Å². The molecule has 1 saturated heterocycles. The molecule has 6 nitrogen and oxygen atoms in total. The molecule has 4 rings (SSSR count). The number of carbonyl (C=O) groups excluding carboxylic acids is 2. The van der Waals surface area contributed by atoms with Gasteiger partial charge in [-0.25, -0.2) is 0 Å². The third-order valence-corrected chi connectivity index (χ3v) is 5.94. The third-order valence-electron chi connectivity index (χ3n) is 4.87. The number of thioether (sulfide) groups is 1. The maximum atomic E-state index is 12.6. The highest BCUT2D eigenvalue weighted by Crippen LogP contribution is 2.32. The molecule has 2 aromatic rings. The zero-order chi connectivity index (χ0) is 18.8. The molecule has 0 unspecified atom stereocenters. The number of anilines is 3. The second kappa shape index (κ2) is 7.62. The summed E-state index contributed by atoms with van der Waals surface area (Å²) < 4.78 is 0. The lowest BCUT2D eigenvalue weighted by atomic mass is 10.1. The minimum atomic E-state index is -0.185. The van der Waals surface area contributed by atoms with Crippen LogP contribution in [0.25, 0.3) is 0 Å². The van der Waals surface area contributed by atoms with E-state index >= 15 is 0 Å². The molecule has 0 aliphatic carbocycles. The summed E-state index contributed by atoms with van der Waals surface area (Å²) >= 11 is 1.49. The van der Waals surface area contributed by atoms with Gasteiger partial charge < -0.3 is 20.4 Å². The summed E-state index contributed by atoms with van der Waals surface area (Å²) in [5.74, 6) is 0.192. The van der Waals surface area contributed by atoms with Crippen LogP contribution in [0, 0.1) is 0 Å². The second-order valence-corrected chi connectivity index (χ2v) is 7.86. The van der Waals surface area contributed by atoms with Gasteiger partial charge >= 0.3 is 0 Å². The van der Waals surface area contributed by atoms with Crippen LogP contribution in [-0.4, -0.2) is 55.7 Å². The van der Waals surface area contributed by atoms with Crippen LogP contribution in [-0.2, 0) is 4.79 Å². The van der Waals surface area contributed by atoms with Gasteiger partial charge in [0.2, 0.25) is 5.91 Å². The van der Waals surface area contributed by atoms with E-state index in [1.54, 1.807) is 12.1 Å². The van der Waals surface area contributed by atoms with Crippen molar-refractivity contribution >= 4 is 40.6 Å². The average molecular weight is 382 g/mol. The lowest BCUT2D eigenvalue weighted by Gasteiger charge is -2.34. The molecule has 0 radical (unpaired) electrons. The summed E-state index contributed by atoms with van der Waals surface area (Å²) in [6, 6.07) is 13.4. The number of piperazine rings is 1. The highest BCUT2D eigenvalue weighted by atomic mass is 32.2. The van der Waals surface area contributed by atoms with Crippen LogP contribution in [0.4, 0.5) is 17.1 Å². The number of likely N-dealkylation sites (N-methyl/N-ethyl adjacent to an activating group) is 1. The van der Waals surface area contributed by atoms with Gasteiger partial charge in [-0.3, -0.25) is 9.59 Å². The number of rotatable bonds is 3. The normalized spacial score (nSPS) is 17.2. The Bertz CT molecular complexity index is 861. The molecule has 0 aromatic heterocycles. The van der Waals surface area contributed by atoms with Gasteiger partial charge in [0.25, 0.3) is 5.91 Å². The van der Waals surface area contributed by atoms with Crippen molar-refractivity contribution in [2.24, 2.45) is 0 Å². The number of amides is 2. The molecule has 2 aromatic carbocycles. The molecule has 2 aliphatic heterocycles. The Balaban J connectivity index is 1.42. The standard InChI is InChI=1S/C20H22N4O2S/c1-23-8-10-24(11-9-23)16-5-3-15(4-6-16)21-20(26)14-2-7-18-17(12-14)22-19(25)13-27-18/h2-7,12H,8-11,13H2,1H3,(H,21,26)(H,22,25). The van der Waals surface area contributed by atoms with E-state index in [4.69, 9.17) is 0 Å². The van der Waals surface area contributed by atoms with E-state index in [1.807, 2.05) is 30.3 Å². The Hall–Kier alpha value is -2.51. The molecule has 0 spiro atoms. The number of nitrogens with one attached hydrogen (secondary N) is 2. The Morgan fingerprint density at radius 1 is 1.07 bits per heavy atom. The van der Waals surface area contributed by atoms with Crippen LogP contribution in [0.3, 0.4) is 0 Å². The molecule has 1 fully saturated rings. The topological polar surface area (TPSA) is 64.7 Å². The fourth-order valence-electron chi connectivity index (χ4n) is 3.25. The first-order chi connectivity index (χ1) is 13.1. The van der Waals surface area contributed by atoms with Crippen molar-refractivity contribution in [2.45, 2.75) is 4.90 Å². The first-order valence-corrected chi connectivity index (χ1v) is 9.99. The van der Waals surface area contributed by atoms with Crippen LogP contribution in [0.1, 0.15) is 10.4 Å². The van der Waals surface area contributed by atoms with Crippen molar-refractivity contribution in [3.05, 3.63) is 48.0 Å². The minimum absolute atomic E-state index is 0.0375. The van der Waals surface area contributed by atoms with Crippen LogP contribution in [0.5, 0.6) is 0 Å². The number of hydrogen-bond acceptors (Lipinski definition) is 5. The fraction of sp³-hybridized carbons (Fsp3) is 0.300. The molecule has 2 heterocycles. The van der Waals surface area contributed by atoms with E-state index in [0.29, 0.717) is 17.0 Å². The van der Waals surface area contributed by atoms with Gasteiger partial charge in [0, 0.05) is 48.0 Å². The molecule has 0 bridgehead atoms. The maximum Gasteiger partial charge on any atom is 0.255 e. The molecule has 2 N–H and O–H groups in total. The monoisotopic (exact) mass is 382 g/mol. The zero-order valence-electron chi connectivity index (χ0n) is 15.2. The molecule has 0 atom stereocenters. The quantitative estimate of drug-likeness (QED) is 0.855. The Kier molecular flexibility index (Phi) is 5.05. The van der Waals surface area contributed by atoms with E-state index in [2.05, 4.69) is 27.5 Å². The third kappa shape index (κ3) is 4.09. The lowest BCUT2D eigenvalue weighted by Crippen LogP contribution is -2.44. The molecule has 140 valence electrons. The van der Waals surface area contributed by atoms with Gasteiger partial charge in [0.1, 0.15) is 0 Å². The second-order valence-electron chi connectivity index (χ2n) is 6.84. The summed E-state index contributed by atoms with van der Waals surface area (Å²) in [5, 5.41) is 5.75. The molecule has 0 saturated carbocycles. The van der Waals surface area contributed by atoms with E-state index in [0.717, 1.165) is 36.8 Å². The van der Waals surface area contributed by atoms with E-state index in [9.17, 15) is 9.59 Å². The minimum Gasteiger partial charge on any atom is -0.369 e. The summed E-state index contributed by atoms with van der Waals surface area (Å²) in [5.41, 5.74) is 3.16. The number of nitrogens with zero attached hydrogens (tertiary/aromatic N) is 2. The van der Waals surface area contributed by atoms with Crippen molar-refractivity contribution in [3.8, 4) is 0 Å².